The first kappa shape index (κ1) is 12.7. The third-order valence-corrected chi connectivity index (χ3v) is 3.45. The Morgan fingerprint density at radius 1 is 1.05 bits per heavy atom. The number of halogens is 1. The molecule has 2 heterocycles. The van der Waals surface area contributed by atoms with Crippen LogP contribution in [0.1, 0.15) is 12.8 Å². The number of nitrogens with one attached hydrogen (secondary N) is 1. The van der Waals surface area contributed by atoms with E-state index in [0.717, 1.165) is 30.5 Å². The highest BCUT2D eigenvalue weighted by atomic mass is 19.1. The summed E-state index contributed by atoms with van der Waals surface area (Å²) < 4.78 is 13.9. The fourth-order valence-electron chi connectivity index (χ4n) is 2.45. The van der Waals surface area contributed by atoms with Crippen LogP contribution in [0.2, 0.25) is 0 Å². The van der Waals surface area contributed by atoms with E-state index in [9.17, 15) is 14.0 Å². The van der Waals surface area contributed by atoms with E-state index in [0.29, 0.717) is 11.5 Å². The molecular weight excluding hydrogens is 261 g/mol. The fourth-order valence-corrected chi connectivity index (χ4v) is 2.45. The van der Waals surface area contributed by atoms with Crippen molar-refractivity contribution in [1.29, 1.82) is 0 Å². The third kappa shape index (κ3) is 2.24. The molecule has 0 radical (unpaired) electrons. The van der Waals surface area contributed by atoms with E-state index < -0.39 is 17.1 Å². The van der Waals surface area contributed by atoms with Gasteiger partial charge in [-0.05, 0) is 37.1 Å². The first-order valence-electron chi connectivity index (χ1n) is 6.52. The lowest BCUT2D eigenvalue weighted by molar-refractivity contribution is 0.627. The second kappa shape index (κ2) is 4.96. The summed E-state index contributed by atoms with van der Waals surface area (Å²) in [5.41, 5.74) is -0.570. The highest BCUT2D eigenvalue weighted by Gasteiger charge is 2.15. The molecule has 0 amide bonds. The molecule has 1 fully saturated rings. The number of hydrogen-bond donors (Lipinski definition) is 1. The Bertz CT molecular complexity index is 696. The lowest BCUT2D eigenvalue weighted by atomic mass is 10.3. The van der Waals surface area contributed by atoms with E-state index in [4.69, 9.17) is 0 Å². The summed E-state index contributed by atoms with van der Waals surface area (Å²) in [6.45, 7) is 1.69. The van der Waals surface area contributed by atoms with Crippen LogP contribution in [0.15, 0.2) is 39.9 Å². The van der Waals surface area contributed by atoms with E-state index in [1.165, 1.54) is 30.3 Å². The molecule has 0 aliphatic carbocycles. The maximum atomic E-state index is 12.9. The van der Waals surface area contributed by atoms with Gasteiger partial charge in [0, 0.05) is 19.2 Å². The third-order valence-electron chi connectivity index (χ3n) is 3.45. The summed E-state index contributed by atoms with van der Waals surface area (Å²) in [6, 6.07) is 6.66. The molecule has 6 heteroatoms. The zero-order chi connectivity index (χ0) is 14.1. The number of H-pyrrole nitrogens is 1. The molecule has 104 valence electrons. The van der Waals surface area contributed by atoms with Crippen molar-refractivity contribution < 1.29 is 4.39 Å². The summed E-state index contributed by atoms with van der Waals surface area (Å²) in [7, 11) is 0. The molecule has 2 aromatic rings. The number of anilines is 1. The minimum Gasteiger partial charge on any atom is -0.358 e. The van der Waals surface area contributed by atoms with Crippen LogP contribution in [-0.4, -0.2) is 22.6 Å². The Kier molecular flexibility index (Phi) is 3.14. The molecule has 0 atom stereocenters. The van der Waals surface area contributed by atoms with Crippen LogP contribution >= 0.6 is 0 Å². The van der Waals surface area contributed by atoms with E-state index in [2.05, 4.69) is 4.98 Å². The second-order valence-corrected chi connectivity index (χ2v) is 4.80. The average molecular weight is 275 g/mol. The Hall–Kier alpha value is -2.37. The van der Waals surface area contributed by atoms with Crippen LogP contribution in [0.4, 0.5) is 10.2 Å². The molecule has 3 rings (SSSR count). The van der Waals surface area contributed by atoms with Crippen molar-refractivity contribution in [2.24, 2.45) is 0 Å². The summed E-state index contributed by atoms with van der Waals surface area (Å²) in [6.07, 6.45) is 2.12. The molecule has 1 aliphatic rings. The SMILES string of the molecule is O=c1cc(N2CCCC2)[nH]c(=O)n1-c1ccc(F)cc1. The standard InChI is InChI=1S/C14H14FN3O2/c15-10-3-5-11(6-4-10)18-13(19)9-12(16-14(18)20)17-7-1-2-8-17/h3-6,9H,1-2,7-8H2,(H,16,20). The first-order valence-corrected chi connectivity index (χ1v) is 6.52. The maximum Gasteiger partial charge on any atom is 0.334 e. The molecule has 0 bridgehead atoms. The number of rotatable bonds is 2. The number of aromatic amines is 1. The summed E-state index contributed by atoms with van der Waals surface area (Å²) in [4.78, 5) is 28.9. The van der Waals surface area contributed by atoms with Gasteiger partial charge in [-0.15, -0.1) is 0 Å². The van der Waals surface area contributed by atoms with E-state index in [1.54, 1.807) is 0 Å². The molecule has 1 N–H and O–H groups in total. The van der Waals surface area contributed by atoms with E-state index in [1.807, 2.05) is 4.90 Å². The van der Waals surface area contributed by atoms with E-state index >= 15 is 0 Å². The zero-order valence-electron chi connectivity index (χ0n) is 10.8. The number of aromatic nitrogens is 2. The summed E-state index contributed by atoms with van der Waals surface area (Å²) >= 11 is 0. The molecule has 1 aromatic heterocycles. The molecule has 0 saturated carbocycles. The molecule has 5 nitrogen and oxygen atoms in total. The van der Waals surface area contributed by atoms with Crippen LogP contribution in [0.3, 0.4) is 0 Å². The van der Waals surface area contributed by atoms with Crippen molar-refractivity contribution in [3.8, 4) is 5.69 Å². The quantitative estimate of drug-likeness (QED) is 0.897. The fraction of sp³-hybridized carbons (Fsp3) is 0.286. The van der Waals surface area contributed by atoms with Gasteiger partial charge in [0.25, 0.3) is 5.56 Å². The maximum absolute atomic E-state index is 12.9. The predicted molar refractivity (Wildman–Crippen MR) is 74.1 cm³/mol. The van der Waals surface area contributed by atoms with Crippen LogP contribution in [0.25, 0.3) is 5.69 Å². The van der Waals surface area contributed by atoms with Crippen LogP contribution < -0.4 is 16.1 Å². The molecule has 0 spiro atoms. The molecule has 1 aromatic carbocycles. The Morgan fingerprint density at radius 3 is 2.30 bits per heavy atom. The Labute approximate surface area is 114 Å². The van der Waals surface area contributed by atoms with Crippen molar-refractivity contribution in [3.63, 3.8) is 0 Å². The lowest BCUT2D eigenvalue weighted by Gasteiger charge is -2.17. The van der Waals surface area contributed by atoms with Crippen LogP contribution in [-0.2, 0) is 0 Å². The summed E-state index contributed by atoms with van der Waals surface area (Å²) in [5, 5.41) is 0. The van der Waals surface area contributed by atoms with Gasteiger partial charge >= 0.3 is 5.69 Å². The van der Waals surface area contributed by atoms with Crippen molar-refractivity contribution >= 4 is 5.82 Å². The van der Waals surface area contributed by atoms with Crippen molar-refractivity contribution in [1.82, 2.24) is 9.55 Å². The van der Waals surface area contributed by atoms with Crippen molar-refractivity contribution in [3.05, 3.63) is 57.0 Å². The highest BCUT2D eigenvalue weighted by molar-refractivity contribution is 5.40. The largest absolute Gasteiger partial charge is 0.358 e. The van der Waals surface area contributed by atoms with Gasteiger partial charge in [-0.2, -0.15) is 0 Å². The number of nitrogens with zero attached hydrogens (tertiary/aromatic N) is 2. The van der Waals surface area contributed by atoms with Crippen molar-refractivity contribution in [2.75, 3.05) is 18.0 Å². The van der Waals surface area contributed by atoms with E-state index in [-0.39, 0.29) is 0 Å². The van der Waals surface area contributed by atoms with Gasteiger partial charge in [0.1, 0.15) is 11.6 Å². The van der Waals surface area contributed by atoms with Crippen molar-refractivity contribution in [2.45, 2.75) is 12.8 Å². The van der Waals surface area contributed by atoms with Gasteiger partial charge in [0.15, 0.2) is 0 Å². The monoisotopic (exact) mass is 275 g/mol. The average Bonchev–Trinajstić information content (AvgIpc) is 2.94. The highest BCUT2D eigenvalue weighted by Crippen LogP contribution is 2.14. The minimum atomic E-state index is -0.508. The minimum absolute atomic E-state index is 0.352. The summed E-state index contributed by atoms with van der Waals surface area (Å²) in [5.74, 6) is 0.141. The zero-order valence-corrected chi connectivity index (χ0v) is 10.8. The number of benzene rings is 1. The Balaban J connectivity index is 2.07. The van der Waals surface area contributed by atoms with Gasteiger partial charge in [-0.1, -0.05) is 0 Å². The molecular formula is C14H14FN3O2. The second-order valence-electron chi connectivity index (χ2n) is 4.80. The molecule has 0 unspecified atom stereocenters. The molecule has 1 saturated heterocycles. The predicted octanol–water partition coefficient (Wildman–Crippen LogP) is 1.27. The smallest absolute Gasteiger partial charge is 0.334 e. The van der Waals surface area contributed by atoms with Gasteiger partial charge in [0.05, 0.1) is 5.69 Å². The van der Waals surface area contributed by atoms with Gasteiger partial charge < -0.3 is 4.90 Å². The number of hydrogen-bond acceptors (Lipinski definition) is 3. The molecule has 1 aliphatic heterocycles. The first-order chi connectivity index (χ1) is 9.65. The Morgan fingerprint density at radius 2 is 1.70 bits per heavy atom. The topological polar surface area (TPSA) is 58.1 Å². The van der Waals surface area contributed by atoms with Crippen LogP contribution in [0.5, 0.6) is 0 Å². The van der Waals surface area contributed by atoms with Crippen LogP contribution in [0, 0.1) is 5.82 Å². The normalized spacial score (nSPS) is 14.8. The van der Waals surface area contributed by atoms with Gasteiger partial charge in [0.2, 0.25) is 0 Å². The lowest BCUT2D eigenvalue weighted by Crippen LogP contribution is -2.35. The molecule has 20 heavy (non-hydrogen) atoms. The van der Waals surface area contributed by atoms with Gasteiger partial charge in [-0.25, -0.2) is 13.8 Å². The van der Waals surface area contributed by atoms with Gasteiger partial charge in [-0.3, -0.25) is 9.78 Å².